The van der Waals surface area contributed by atoms with Crippen molar-refractivity contribution in [3.63, 3.8) is 0 Å². The lowest BCUT2D eigenvalue weighted by Crippen LogP contribution is -2.26. The van der Waals surface area contributed by atoms with E-state index in [0.29, 0.717) is 8.83 Å². The molecule has 0 saturated carbocycles. The minimum absolute atomic E-state index is 0.416. The monoisotopic (exact) mass is 166 g/mol. The molecule has 0 aromatic rings. The van der Waals surface area contributed by atoms with Crippen molar-refractivity contribution in [3.8, 4) is 0 Å². The van der Waals surface area contributed by atoms with Crippen LogP contribution in [-0.4, -0.2) is 23.4 Å². The van der Waals surface area contributed by atoms with Crippen LogP contribution in [0.3, 0.4) is 0 Å². The van der Waals surface area contributed by atoms with Gasteiger partial charge in [0.2, 0.25) is 8.83 Å². The van der Waals surface area contributed by atoms with Crippen LogP contribution in [0.1, 0.15) is 0 Å². The Morgan fingerprint density at radius 1 is 1.50 bits per heavy atom. The first-order valence-electron chi connectivity index (χ1n) is 2.54. The topological polar surface area (TPSA) is 9.23 Å². The lowest BCUT2D eigenvalue weighted by Gasteiger charge is -2.14. The number of rotatable bonds is 3. The third-order valence-corrected chi connectivity index (χ3v) is 2.44. The van der Waals surface area contributed by atoms with Gasteiger partial charge in [0.1, 0.15) is 0 Å². The highest BCUT2D eigenvalue weighted by molar-refractivity contribution is 6.94. The van der Waals surface area contributed by atoms with Crippen molar-refractivity contribution < 1.29 is 4.43 Å². The Bertz CT molecular complexity index is 61.5. The van der Waals surface area contributed by atoms with Gasteiger partial charge >= 0.3 is 0 Å². The van der Waals surface area contributed by atoms with Gasteiger partial charge in [0, 0.05) is 6.23 Å². The van der Waals surface area contributed by atoms with Crippen LogP contribution < -0.4 is 0 Å². The summed E-state index contributed by atoms with van der Waals surface area (Å²) in [4.78, 5) is 0. The van der Waals surface area contributed by atoms with Crippen LogP contribution in [-0.2, 0) is 4.43 Å². The van der Waals surface area contributed by atoms with Crippen LogP contribution in [0.2, 0.25) is 19.6 Å². The maximum atomic E-state index is 5.43. The zero-order valence-electron chi connectivity index (χ0n) is 5.49. The van der Waals surface area contributed by atoms with Gasteiger partial charge in [-0.1, -0.05) is 0 Å². The van der Waals surface area contributed by atoms with E-state index in [0.717, 1.165) is 6.23 Å². The Hall–Kier alpha value is 0.684. The first kappa shape index (κ1) is 8.68. The lowest BCUT2D eigenvalue weighted by molar-refractivity contribution is 0.381. The second kappa shape index (κ2) is 3.66. The fourth-order valence-corrected chi connectivity index (χ4v) is 2.69. The van der Waals surface area contributed by atoms with E-state index in [1.807, 2.05) is 0 Å². The van der Waals surface area contributed by atoms with E-state index >= 15 is 0 Å². The normalized spacial score (nSPS) is 12.0. The summed E-state index contributed by atoms with van der Waals surface area (Å²) in [5.41, 5.74) is 0. The van der Waals surface area contributed by atoms with E-state index in [9.17, 15) is 0 Å². The smallest absolute Gasteiger partial charge is 0.200 e. The predicted octanol–water partition coefficient (Wildman–Crippen LogP) is 1.65. The largest absolute Gasteiger partial charge is 0.420 e. The zero-order chi connectivity index (χ0) is 6.62. The van der Waals surface area contributed by atoms with E-state index in [4.69, 9.17) is 15.5 Å². The van der Waals surface area contributed by atoms with Crippen molar-refractivity contribution in [2.45, 2.75) is 19.6 Å². The van der Waals surface area contributed by atoms with Gasteiger partial charge in [0.15, 0.2) is 8.32 Å². The number of hydrogen-bond donors (Lipinski definition) is 0. The van der Waals surface area contributed by atoms with Gasteiger partial charge in [0.05, 0.1) is 0 Å². The summed E-state index contributed by atoms with van der Waals surface area (Å²) in [6, 6.07) is 0. The Labute approximate surface area is 59.0 Å². The molecule has 0 saturated heterocycles. The average Bonchev–Trinajstić information content (AvgIpc) is 1.59. The third-order valence-electron chi connectivity index (χ3n) is 0.560. The standard InChI is InChI=1S/C4H11ClOSi2/c1-8(2,3)6-4-7-5/h4H2,1-3H3. The Morgan fingerprint density at radius 3 is 2.12 bits per heavy atom. The molecule has 0 fully saturated rings. The van der Waals surface area contributed by atoms with Crippen molar-refractivity contribution in [1.29, 1.82) is 0 Å². The lowest BCUT2D eigenvalue weighted by atomic mass is 11.7. The zero-order valence-corrected chi connectivity index (χ0v) is 8.25. The van der Waals surface area contributed by atoms with E-state index in [2.05, 4.69) is 19.6 Å². The molecule has 0 aliphatic rings. The van der Waals surface area contributed by atoms with Gasteiger partial charge in [0.25, 0.3) is 0 Å². The van der Waals surface area contributed by atoms with E-state index in [-0.39, 0.29) is 0 Å². The van der Waals surface area contributed by atoms with Crippen LogP contribution in [0.4, 0.5) is 0 Å². The van der Waals surface area contributed by atoms with E-state index < -0.39 is 8.32 Å². The van der Waals surface area contributed by atoms with Gasteiger partial charge in [-0.15, -0.1) is 0 Å². The molecule has 0 N–H and O–H groups in total. The quantitative estimate of drug-likeness (QED) is 0.458. The minimum Gasteiger partial charge on any atom is -0.420 e. The van der Waals surface area contributed by atoms with Gasteiger partial charge in [-0.3, -0.25) is 0 Å². The number of hydrogen-bond acceptors (Lipinski definition) is 1. The molecule has 0 spiro atoms. The Balaban J connectivity index is 3.11. The molecule has 48 valence electrons. The highest BCUT2D eigenvalue weighted by Gasteiger charge is 2.12. The number of halogens is 1. The van der Waals surface area contributed by atoms with Crippen LogP contribution in [0.25, 0.3) is 0 Å². The first-order valence-corrected chi connectivity index (χ1v) is 8.16. The second-order valence-corrected chi connectivity index (χ2v) is 8.41. The second-order valence-electron chi connectivity index (χ2n) is 2.53. The van der Waals surface area contributed by atoms with Crippen LogP contribution >= 0.6 is 11.1 Å². The summed E-state index contributed by atoms with van der Waals surface area (Å²) >= 11 is 5.43. The molecule has 0 aromatic heterocycles. The molecular formula is C4H11ClOSi2. The molecule has 0 aromatic carbocycles. The molecule has 2 radical (unpaired) electrons. The van der Waals surface area contributed by atoms with Crippen molar-refractivity contribution >= 4 is 28.2 Å². The first-order chi connectivity index (χ1) is 3.56. The van der Waals surface area contributed by atoms with Gasteiger partial charge in [-0.05, 0) is 19.6 Å². The van der Waals surface area contributed by atoms with Crippen molar-refractivity contribution in [3.05, 3.63) is 0 Å². The minimum atomic E-state index is -1.26. The summed E-state index contributed by atoms with van der Waals surface area (Å²) < 4.78 is 5.40. The molecule has 0 bridgehead atoms. The molecule has 0 atom stereocenters. The maximum absolute atomic E-state index is 5.43. The summed E-state index contributed by atoms with van der Waals surface area (Å²) in [5.74, 6) is 0. The van der Waals surface area contributed by atoms with E-state index in [1.54, 1.807) is 0 Å². The summed E-state index contributed by atoms with van der Waals surface area (Å²) in [5, 5.41) is 0. The van der Waals surface area contributed by atoms with Crippen molar-refractivity contribution in [1.82, 2.24) is 0 Å². The molecule has 0 aliphatic carbocycles. The van der Waals surface area contributed by atoms with Crippen LogP contribution in [0, 0.1) is 0 Å². The maximum Gasteiger partial charge on any atom is 0.200 e. The molecule has 0 amide bonds. The third kappa shape index (κ3) is 6.68. The summed E-state index contributed by atoms with van der Waals surface area (Å²) in [6.45, 7) is 6.47. The molecular weight excluding hydrogens is 156 g/mol. The molecule has 1 nitrogen and oxygen atoms in total. The average molecular weight is 167 g/mol. The summed E-state index contributed by atoms with van der Waals surface area (Å²) in [6.07, 6.45) is 0.733. The van der Waals surface area contributed by atoms with Crippen LogP contribution in [0.5, 0.6) is 0 Å². The SMILES string of the molecule is C[Si](C)(C)OC[Si]Cl. The van der Waals surface area contributed by atoms with Gasteiger partial charge in [-0.2, -0.15) is 11.1 Å². The highest BCUT2D eigenvalue weighted by Crippen LogP contribution is 2.00. The van der Waals surface area contributed by atoms with Crippen molar-refractivity contribution in [2.24, 2.45) is 0 Å². The van der Waals surface area contributed by atoms with Gasteiger partial charge < -0.3 is 4.43 Å². The van der Waals surface area contributed by atoms with E-state index in [1.165, 1.54) is 0 Å². The molecule has 0 unspecified atom stereocenters. The molecule has 0 rings (SSSR count). The van der Waals surface area contributed by atoms with Crippen LogP contribution in [0.15, 0.2) is 0 Å². The molecule has 0 heterocycles. The highest BCUT2D eigenvalue weighted by atomic mass is 35.6. The molecule has 0 aliphatic heterocycles. The molecule has 4 heteroatoms. The predicted molar refractivity (Wildman–Crippen MR) is 40.9 cm³/mol. The fraction of sp³-hybridized carbons (Fsp3) is 1.00. The Morgan fingerprint density at radius 2 is 2.00 bits per heavy atom. The van der Waals surface area contributed by atoms with Crippen molar-refractivity contribution in [2.75, 3.05) is 6.23 Å². The fourth-order valence-electron chi connectivity index (χ4n) is 0.244. The Kier molecular flexibility index (Phi) is 3.97. The molecule has 8 heavy (non-hydrogen) atoms. The van der Waals surface area contributed by atoms with Gasteiger partial charge in [-0.25, -0.2) is 0 Å². The summed E-state index contributed by atoms with van der Waals surface area (Å²) in [7, 11) is -0.840.